The van der Waals surface area contributed by atoms with Crippen LogP contribution in [0.5, 0.6) is 5.75 Å². The molecule has 0 saturated heterocycles. The molecule has 0 fully saturated rings. The van der Waals surface area contributed by atoms with Crippen molar-refractivity contribution < 1.29 is 9.53 Å². The summed E-state index contributed by atoms with van der Waals surface area (Å²) in [5.74, 6) is 0.414. The molecule has 2 heterocycles. The van der Waals surface area contributed by atoms with Crippen LogP contribution in [0.25, 0.3) is 5.65 Å². The van der Waals surface area contributed by atoms with Gasteiger partial charge in [-0.1, -0.05) is 30.7 Å². The van der Waals surface area contributed by atoms with Crippen molar-refractivity contribution in [2.24, 2.45) is 0 Å². The van der Waals surface area contributed by atoms with E-state index in [1.165, 1.54) is 0 Å². The van der Waals surface area contributed by atoms with Crippen molar-refractivity contribution >= 4 is 28.8 Å². The third kappa shape index (κ3) is 3.21. The fourth-order valence-electron chi connectivity index (χ4n) is 2.50. The highest BCUT2D eigenvalue weighted by molar-refractivity contribution is 6.30. The summed E-state index contributed by atoms with van der Waals surface area (Å²) in [6.45, 7) is 4.43. The lowest BCUT2D eigenvalue weighted by Gasteiger charge is -2.12. The van der Waals surface area contributed by atoms with E-state index in [0.717, 1.165) is 6.42 Å². The van der Waals surface area contributed by atoms with E-state index in [-0.39, 0.29) is 5.91 Å². The third-order valence-corrected chi connectivity index (χ3v) is 3.81. The zero-order valence-electron chi connectivity index (χ0n) is 13.5. The average molecular weight is 344 g/mol. The van der Waals surface area contributed by atoms with Crippen LogP contribution in [0.4, 0.5) is 5.69 Å². The molecule has 124 valence electrons. The fourth-order valence-corrected chi connectivity index (χ4v) is 2.65. The molecule has 0 aliphatic rings. The Hall–Kier alpha value is -2.53. The van der Waals surface area contributed by atoms with Gasteiger partial charge in [-0.2, -0.15) is 0 Å². The number of para-hydroxylation sites is 2. The molecule has 3 aromatic rings. The Morgan fingerprint density at radius 1 is 1.33 bits per heavy atom. The van der Waals surface area contributed by atoms with Gasteiger partial charge in [0.25, 0.3) is 5.91 Å². The number of anilines is 1. The lowest BCUT2D eigenvalue weighted by Crippen LogP contribution is -2.16. The van der Waals surface area contributed by atoms with Gasteiger partial charge in [0.15, 0.2) is 0 Å². The predicted molar refractivity (Wildman–Crippen MR) is 95.1 cm³/mol. The summed E-state index contributed by atoms with van der Waals surface area (Å²) >= 11 is 5.99. The molecule has 1 aromatic carbocycles. The number of amides is 1. The van der Waals surface area contributed by atoms with Gasteiger partial charge in [0.05, 0.1) is 18.0 Å². The number of carbonyl (C=O) groups is 1. The molecular weight excluding hydrogens is 326 g/mol. The highest BCUT2D eigenvalue weighted by atomic mass is 35.5. The van der Waals surface area contributed by atoms with Crippen molar-refractivity contribution in [3.63, 3.8) is 0 Å². The van der Waals surface area contributed by atoms with E-state index in [9.17, 15) is 4.79 Å². The topological polar surface area (TPSA) is 55.6 Å². The fraction of sp³-hybridized carbons (Fsp3) is 0.222. The number of halogens is 1. The van der Waals surface area contributed by atoms with E-state index in [0.29, 0.717) is 40.1 Å². The number of rotatable bonds is 5. The number of fused-ring (bicyclic) bond motifs is 1. The van der Waals surface area contributed by atoms with E-state index in [2.05, 4.69) is 10.3 Å². The summed E-state index contributed by atoms with van der Waals surface area (Å²) in [6.07, 6.45) is 2.64. The number of hydrogen-bond donors (Lipinski definition) is 1. The van der Waals surface area contributed by atoms with Gasteiger partial charge in [0.1, 0.15) is 17.1 Å². The van der Waals surface area contributed by atoms with Crippen LogP contribution in [-0.2, 0) is 0 Å². The summed E-state index contributed by atoms with van der Waals surface area (Å²) in [7, 11) is 0. The minimum absolute atomic E-state index is 0.241. The predicted octanol–water partition coefficient (Wildman–Crippen LogP) is 4.34. The van der Waals surface area contributed by atoms with Crippen LogP contribution < -0.4 is 10.1 Å². The molecule has 0 radical (unpaired) electrons. The highest BCUT2D eigenvalue weighted by Gasteiger charge is 2.18. The molecule has 6 heteroatoms. The smallest absolute Gasteiger partial charge is 0.274 e. The Balaban J connectivity index is 1.92. The van der Waals surface area contributed by atoms with E-state index in [1.54, 1.807) is 29.7 Å². The van der Waals surface area contributed by atoms with Crippen LogP contribution in [0.2, 0.25) is 5.02 Å². The van der Waals surface area contributed by atoms with Gasteiger partial charge in [0, 0.05) is 17.3 Å². The number of aromatic nitrogens is 2. The maximum atomic E-state index is 12.8. The molecule has 3 rings (SSSR count). The van der Waals surface area contributed by atoms with E-state index in [4.69, 9.17) is 16.3 Å². The number of aryl methyl sites for hydroxylation is 1. The Bertz CT molecular complexity index is 889. The van der Waals surface area contributed by atoms with Crippen molar-refractivity contribution in [1.29, 1.82) is 0 Å². The third-order valence-electron chi connectivity index (χ3n) is 3.57. The van der Waals surface area contributed by atoms with Crippen LogP contribution in [0.15, 0.2) is 42.6 Å². The molecule has 0 atom stereocenters. The minimum atomic E-state index is -0.241. The second-order valence-electron chi connectivity index (χ2n) is 5.42. The summed E-state index contributed by atoms with van der Waals surface area (Å²) in [6, 6.07) is 10.8. The molecule has 0 saturated carbocycles. The quantitative estimate of drug-likeness (QED) is 0.749. The van der Waals surface area contributed by atoms with Gasteiger partial charge in [0.2, 0.25) is 0 Å². The van der Waals surface area contributed by atoms with Gasteiger partial charge in [-0.25, -0.2) is 4.98 Å². The van der Waals surface area contributed by atoms with Crippen molar-refractivity contribution in [2.75, 3.05) is 11.9 Å². The second kappa shape index (κ2) is 6.93. The lowest BCUT2D eigenvalue weighted by atomic mass is 10.2. The normalized spacial score (nSPS) is 10.8. The van der Waals surface area contributed by atoms with Gasteiger partial charge in [-0.05, 0) is 31.5 Å². The molecular formula is C18H18ClN3O2. The van der Waals surface area contributed by atoms with Crippen molar-refractivity contribution in [1.82, 2.24) is 9.38 Å². The summed E-state index contributed by atoms with van der Waals surface area (Å²) in [5.41, 5.74) is 2.40. The Kier molecular flexibility index (Phi) is 4.71. The van der Waals surface area contributed by atoms with Crippen LogP contribution in [0.3, 0.4) is 0 Å². The number of imidazole rings is 1. The largest absolute Gasteiger partial charge is 0.491 e. The van der Waals surface area contributed by atoms with Crippen molar-refractivity contribution in [3.8, 4) is 5.75 Å². The van der Waals surface area contributed by atoms with Crippen LogP contribution in [0.1, 0.15) is 29.5 Å². The molecule has 0 aliphatic carbocycles. The molecule has 24 heavy (non-hydrogen) atoms. The first-order chi connectivity index (χ1) is 11.6. The van der Waals surface area contributed by atoms with Crippen molar-refractivity contribution in [3.05, 3.63) is 59.0 Å². The van der Waals surface area contributed by atoms with Crippen molar-refractivity contribution in [2.45, 2.75) is 20.3 Å². The minimum Gasteiger partial charge on any atom is -0.491 e. The highest BCUT2D eigenvalue weighted by Crippen LogP contribution is 2.25. The Morgan fingerprint density at radius 2 is 2.12 bits per heavy atom. The number of nitrogens with one attached hydrogen (secondary N) is 1. The van der Waals surface area contributed by atoms with Gasteiger partial charge < -0.3 is 10.1 Å². The van der Waals surface area contributed by atoms with Crippen LogP contribution in [-0.4, -0.2) is 21.9 Å². The number of carbonyl (C=O) groups excluding carboxylic acids is 1. The lowest BCUT2D eigenvalue weighted by molar-refractivity contribution is 0.102. The van der Waals surface area contributed by atoms with Crippen LogP contribution in [0, 0.1) is 6.92 Å². The van der Waals surface area contributed by atoms with Gasteiger partial charge in [-0.15, -0.1) is 0 Å². The molecule has 1 amide bonds. The second-order valence-corrected chi connectivity index (χ2v) is 5.85. The molecule has 0 bridgehead atoms. The number of nitrogens with zero attached hydrogens (tertiary/aromatic N) is 2. The summed E-state index contributed by atoms with van der Waals surface area (Å²) in [4.78, 5) is 17.2. The molecule has 5 nitrogen and oxygen atoms in total. The maximum absolute atomic E-state index is 12.8. The Labute approximate surface area is 145 Å². The summed E-state index contributed by atoms with van der Waals surface area (Å²) in [5, 5.41) is 3.49. The molecule has 0 unspecified atom stereocenters. The first-order valence-corrected chi connectivity index (χ1v) is 8.15. The first kappa shape index (κ1) is 16.3. The summed E-state index contributed by atoms with van der Waals surface area (Å²) < 4.78 is 7.41. The van der Waals surface area contributed by atoms with E-state index in [1.807, 2.05) is 31.2 Å². The maximum Gasteiger partial charge on any atom is 0.274 e. The standard InChI is InChI=1S/C18H18ClN3O2/c1-3-10-24-15-7-5-4-6-14(15)21-18(23)17-12(2)20-16-11-13(19)8-9-22(16)17/h4-9,11H,3,10H2,1-2H3,(H,21,23). The number of hydrogen-bond acceptors (Lipinski definition) is 3. The molecule has 0 aliphatic heterocycles. The number of ether oxygens (including phenoxy) is 1. The SMILES string of the molecule is CCCOc1ccccc1NC(=O)c1c(C)nc2cc(Cl)ccn12. The molecule has 0 spiro atoms. The zero-order chi connectivity index (χ0) is 17.1. The Morgan fingerprint density at radius 3 is 2.92 bits per heavy atom. The van der Waals surface area contributed by atoms with E-state index >= 15 is 0 Å². The molecule has 2 aromatic heterocycles. The van der Waals surface area contributed by atoms with Gasteiger partial charge >= 0.3 is 0 Å². The van der Waals surface area contributed by atoms with Crippen LogP contribution >= 0.6 is 11.6 Å². The number of pyridine rings is 1. The van der Waals surface area contributed by atoms with Gasteiger partial charge in [-0.3, -0.25) is 9.20 Å². The monoisotopic (exact) mass is 343 g/mol. The first-order valence-electron chi connectivity index (χ1n) is 7.77. The average Bonchev–Trinajstić information content (AvgIpc) is 2.89. The molecule has 1 N–H and O–H groups in total. The van der Waals surface area contributed by atoms with E-state index < -0.39 is 0 Å². The number of benzene rings is 1. The zero-order valence-corrected chi connectivity index (χ0v) is 14.3.